The van der Waals surface area contributed by atoms with Crippen LogP contribution in [0.1, 0.15) is 26.7 Å². The van der Waals surface area contributed by atoms with Gasteiger partial charge in [-0.2, -0.15) is 0 Å². The van der Waals surface area contributed by atoms with Gasteiger partial charge in [0.15, 0.2) is 16.6 Å². The third-order valence-electron chi connectivity index (χ3n) is 3.95. The van der Waals surface area contributed by atoms with Crippen LogP contribution in [0.4, 0.5) is 0 Å². The number of hydrogen-bond acceptors (Lipinski definition) is 5. The van der Waals surface area contributed by atoms with E-state index in [1.165, 1.54) is 12.5 Å². The molecule has 1 unspecified atom stereocenters. The second-order valence-electron chi connectivity index (χ2n) is 8.82. The van der Waals surface area contributed by atoms with Crippen molar-refractivity contribution in [3.8, 4) is 0 Å². The van der Waals surface area contributed by atoms with Gasteiger partial charge < -0.3 is 23.4 Å². The quantitative estimate of drug-likeness (QED) is 0.222. The molecule has 5 nitrogen and oxygen atoms in total. The van der Waals surface area contributed by atoms with Gasteiger partial charge in [-0.15, -0.1) is 13.2 Å². The van der Waals surface area contributed by atoms with E-state index in [0.717, 1.165) is 25.2 Å². The summed E-state index contributed by atoms with van der Waals surface area (Å²) >= 11 is 0. The van der Waals surface area contributed by atoms with Crippen LogP contribution < -0.4 is 11.1 Å². The first-order valence-electron chi connectivity index (χ1n) is 10.3. The van der Waals surface area contributed by atoms with Crippen LogP contribution in [0.5, 0.6) is 0 Å². The van der Waals surface area contributed by atoms with Crippen molar-refractivity contribution in [3.63, 3.8) is 0 Å². The lowest BCUT2D eigenvalue weighted by Gasteiger charge is -2.42. The van der Waals surface area contributed by atoms with Crippen LogP contribution in [-0.2, 0) is 12.3 Å². The lowest BCUT2D eigenvalue weighted by Crippen LogP contribution is -2.61. The van der Waals surface area contributed by atoms with E-state index >= 15 is 0 Å². The molecule has 0 rings (SSSR count). The van der Waals surface area contributed by atoms with Crippen LogP contribution in [0, 0.1) is 0 Å². The van der Waals surface area contributed by atoms with Crippen molar-refractivity contribution in [2.45, 2.75) is 84.6 Å². The van der Waals surface area contributed by atoms with Crippen LogP contribution in [0.2, 0.25) is 57.9 Å². The summed E-state index contributed by atoms with van der Waals surface area (Å²) in [4.78, 5) is 0. The SMILES string of the molecule is C=C.CCC[Si](C)(C)O[Si](C)(C)O[Si](C)(CNCCN)O[Si](C)(C)CCC. The fourth-order valence-corrected chi connectivity index (χ4v) is 23.3. The van der Waals surface area contributed by atoms with Crippen molar-refractivity contribution in [1.82, 2.24) is 5.32 Å². The van der Waals surface area contributed by atoms with Crippen molar-refractivity contribution >= 4 is 33.8 Å². The maximum Gasteiger partial charge on any atom is 0.330 e. The minimum atomic E-state index is -2.36. The van der Waals surface area contributed by atoms with Crippen LogP contribution in [0.25, 0.3) is 0 Å². The fourth-order valence-electron chi connectivity index (χ4n) is 3.61. The largest absolute Gasteiger partial charge is 0.436 e. The molecule has 164 valence electrons. The second kappa shape index (κ2) is 13.6. The Morgan fingerprint density at radius 2 is 1.22 bits per heavy atom. The summed E-state index contributed by atoms with van der Waals surface area (Å²) in [5.41, 5.74) is 5.65. The highest BCUT2D eigenvalue weighted by Crippen LogP contribution is 2.27. The molecule has 1 atom stereocenters. The molecule has 9 heteroatoms. The first-order valence-corrected chi connectivity index (χ1v) is 21.9. The molecule has 3 N–H and O–H groups in total. The van der Waals surface area contributed by atoms with Gasteiger partial charge in [0.05, 0.1) is 0 Å². The average Bonchev–Trinajstić information content (AvgIpc) is 2.46. The Labute approximate surface area is 174 Å². The molecular formula is C18H48N2O3Si4. The molecular weight excluding hydrogens is 405 g/mol. The second-order valence-corrected chi connectivity index (χ2v) is 24.7. The average molecular weight is 453 g/mol. The Hall–Kier alpha value is 0.408. The van der Waals surface area contributed by atoms with E-state index in [1.54, 1.807) is 0 Å². The van der Waals surface area contributed by atoms with Gasteiger partial charge in [0.25, 0.3) is 0 Å². The van der Waals surface area contributed by atoms with Gasteiger partial charge in [0, 0.05) is 19.3 Å². The minimum Gasteiger partial charge on any atom is -0.436 e. The standard InChI is InChI=1S/C16H44N2O3Si4.C2H4/c1-10-14-22(3,4)19-24(7,8)21-25(9,16-18-13-12-17)20-23(5,6)15-11-2;1-2/h18H,10-17H2,1-9H3;1-2H2. The summed E-state index contributed by atoms with van der Waals surface area (Å²) < 4.78 is 20.1. The Morgan fingerprint density at radius 3 is 1.63 bits per heavy atom. The molecule has 0 aliphatic carbocycles. The topological polar surface area (TPSA) is 65.7 Å². The Morgan fingerprint density at radius 1 is 0.778 bits per heavy atom. The van der Waals surface area contributed by atoms with Crippen LogP contribution in [0.3, 0.4) is 0 Å². The van der Waals surface area contributed by atoms with Crippen molar-refractivity contribution in [3.05, 3.63) is 13.2 Å². The van der Waals surface area contributed by atoms with E-state index in [4.69, 9.17) is 18.1 Å². The smallest absolute Gasteiger partial charge is 0.330 e. The molecule has 0 aliphatic rings. The van der Waals surface area contributed by atoms with E-state index in [0.29, 0.717) is 6.54 Å². The maximum absolute atomic E-state index is 6.75. The van der Waals surface area contributed by atoms with E-state index in [9.17, 15) is 0 Å². The Bertz CT molecular complexity index is 399. The molecule has 0 fully saturated rings. The molecule has 0 saturated heterocycles. The summed E-state index contributed by atoms with van der Waals surface area (Å²) in [5, 5.41) is 3.44. The van der Waals surface area contributed by atoms with Crippen molar-refractivity contribution in [2.75, 3.05) is 19.3 Å². The molecule has 0 aliphatic heterocycles. The molecule has 0 spiro atoms. The fraction of sp³-hybridized carbons (Fsp3) is 0.889. The highest BCUT2D eigenvalue weighted by Gasteiger charge is 2.45. The zero-order valence-corrected chi connectivity index (χ0v) is 23.7. The van der Waals surface area contributed by atoms with Crippen LogP contribution in [0.15, 0.2) is 13.2 Å². The summed E-state index contributed by atoms with van der Waals surface area (Å²) in [7, 11) is -8.01. The molecule has 0 bridgehead atoms. The molecule has 0 saturated carbocycles. The molecule has 27 heavy (non-hydrogen) atoms. The van der Waals surface area contributed by atoms with Gasteiger partial charge in [0.1, 0.15) is 0 Å². The predicted octanol–water partition coefficient (Wildman–Crippen LogP) is 4.93. The first-order chi connectivity index (χ1) is 12.3. The van der Waals surface area contributed by atoms with E-state index < -0.39 is 33.8 Å². The molecule has 0 amide bonds. The highest BCUT2D eigenvalue weighted by atomic mass is 28.5. The van der Waals surface area contributed by atoms with Gasteiger partial charge in [-0.3, -0.25) is 0 Å². The van der Waals surface area contributed by atoms with Gasteiger partial charge in [-0.05, 0) is 57.9 Å². The monoisotopic (exact) mass is 452 g/mol. The van der Waals surface area contributed by atoms with Gasteiger partial charge in [-0.25, -0.2) is 0 Å². The molecule has 0 aromatic carbocycles. The highest BCUT2D eigenvalue weighted by molar-refractivity contribution is 6.90. The minimum absolute atomic E-state index is 0.633. The zero-order chi connectivity index (χ0) is 21.8. The van der Waals surface area contributed by atoms with E-state index in [1.807, 2.05) is 0 Å². The lowest BCUT2D eigenvalue weighted by atomic mass is 10.6. The van der Waals surface area contributed by atoms with Gasteiger partial charge in [0.2, 0.25) is 0 Å². The zero-order valence-electron chi connectivity index (χ0n) is 19.7. The van der Waals surface area contributed by atoms with E-state index in [-0.39, 0.29) is 0 Å². The number of nitrogens with one attached hydrogen (secondary N) is 1. The van der Waals surface area contributed by atoms with E-state index in [2.05, 4.69) is 78.2 Å². The maximum atomic E-state index is 6.75. The molecule has 0 radical (unpaired) electrons. The van der Waals surface area contributed by atoms with Crippen LogP contribution >= 0.6 is 0 Å². The Kier molecular flexibility index (Phi) is 14.9. The summed E-state index contributed by atoms with van der Waals surface area (Å²) in [6.45, 7) is 27.7. The lowest BCUT2D eigenvalue weighted by molar-refractivity contribution is 0.318. The molecule has 0 heterocycles. The third kappa shape index (κ3) is 15.0. The number of hydrogen-bond donors (Lipinski definition) is 2. The molecule has 0 aromatic heterocycles. The number of rotatable bonds is 14. The van der Waals surface area contributed by atoms with Gasteiger partial charge >= 0.3 is 17.1 Å². The van der Waals surface area contributed by atoms with Crippen molar-refractivity contribution < 1.29 is 12.3 Å². The summed E-state index contributed by atoms with van der Waals surface area (Å²) in [6, 6.07) is 2.34. The molecule has 0 aromatic rings. The van der Waals surface area contributed by atoms with Crippen LogP contribution in [-0.4, -0.2) is 53.0 Å². The third-order valence-corrected chi connectivity index (χ3v) is 20.1. The van der Waals surface area contributed by atoms with Crippen molar-refractivity contribution in [1.29, 1.82) is 0 Å². The van der Waals surface area contributed by atoms with Crippen molar-refractivity contribution in [2.24, 2.45) is 5.73 Å². The summed E-state index contributed by atoms with van der Waals surface area (Å²) in [5.74, 6) is 0. The summed E-state index contributed by atoms with van der Waals surface area (Å²) in [6.07, 6.45) is 3.11. The van der Waals surface area contributed by atoms with Gasteiger partial charge in [-0.1, -0.05) is 26.7 Å². The normalized spacial score (nSPS) is 15.0. The Balaban J connectivity index is 0. The predicted molar refractivity (Wildman–Crippen MR) is 131 cm³/mol. The first kappa shape index (κ1) is 29.6. The number of nitrogens with two attached hydrogens (primary N) is 1.